The monoisotopic (exact) mass is 261 g/mol. The Hall–Kier alpha value is -0.860. The first kappa shape index (κ1) is 14.5. The second kappa shape index (κ2) is 6.06. The Kier molecular flexibility index (Phi) is 4.64. The van der Waals surface area contributed by atoms with Crippen LogP contribution in [0, 0.1) is 18.3 Å². The van der Waals surface area contributed by atoms with Gasteiger partial charge in [0.05, 0.1) is 0 Å². The van der Waals surface area contributed by atoms with Gasteiger partial charge in [0, 0.05) is 19.2 Å². The van der Waals surface area contributed by atoms with Crippen LogP contribution in [0.15, 0.2) is 24.3 Å². The van der Waals surface area contributed by atoms with Crippen molar-refractivity contribution in [3.05, 3.63) is 35.4 Å². The molecule has 1 unspecified atom stereocenters. The second-order valence-electron chi connectivity index (χ2n) is 6.74. The van der Waals surface area contributed by atoms with Crippen LogP contribution in [0.2, 0.25) is 0 Å². The highest BCUT2D eigenvalue weighted by Crippen LogP contribution is 2.41. The van der Waals surface area contributed by atoms with E-state index in [0.717, 1.165) is 18.9 Å². The molecule has 19 heavy (non-hydrogen) atoms. The van der Waals surface area contributed by atoms with Crippen LogP contribution in [0.3, 0.4) is 0 Å². The molecule has 2 rings (SSSR count). The molecule has 1 aliphatic carbocycles. The fraction of sp³-hybridized carbons (Fsp3) is 0.647. The van der Waals surface area contributed by atoms with E-state index >= 15 is 0 Å². The summed E-state index contributed by atoms with van der Waals surface area (Å²) in [6.45, 7) is 7.80. The molecule has 0 spiro atoms. The SMILES string of the molecule is Cc1ccc(C(NCC(C)(C)CCO)C2CC2)cc1. The summed E-state index contributed by atoms with van der Waals surface area (Å²) < 4.78 is 0. The number of aliphatic hydroxyl groups is 1. The van der Waals surface area contributed by atoms with Crippen molar-refractivity contribution in [2.75, 3.05) is 13.2 Å². The van der Waals surface area contributed by atoms with Crippen LogP contribution >= 0.6 is 0 Å². The summed E-state index contributed by atoms with van der Waals surface area (Å²) in [6, 6.07) is 9.39. The summed E-state index contributed by atoms with van der Waals surface area (Å²) in [4.78, 5) is 0. The average Bonchev–Trinajstić information content (AvgIpc) is 3.16. The van der Waals surface area contributed by atoms with Crippen molar-refractivity contribution >= 4 is 0 Å². The van der Waals surface area contributed by atoms with E-state index in [1.54, 1.807) is 0 Å². The standard InChI is InChI=1S/C17H27NO/c1-13-4-6-14(7-5-13)16(15-8-9-15)18-12-17(2,3)10-11-19/h4-7,15-16,18-19H,8-12H2,1-3H3. The van der Waals surface area contributed by atoms with Crippen LogP contribution in [0.25, 0.3) is 0 Å². The summed E-state index contributed by atoms with van der Waals surface area (Å²) in [5, 5.41) is 12.8. The van der Waals surface area contributed by atoms with E-state index in [2.05, 4.69) is 50.4 Å². The van der Waals surface area contributed by atoms with Gasteiger partial charge in [0.25, 0.3) is 0 Å². The molecule has 1 aromatic rings. The largest absolute Gasteiger partial charge is 0.396 e. The molecule has 106 valence electrons. The van der Waals surface area contributed by atoms with Gasteiger partial charge in [-0.3, -0.25) is 0 Å². The maximum Gasteiger partial charge on any atom is 0.0436 e. The summed E-state index contributed by atoms with van der Waals surface area (Å²) in [5.41, 5.74) is 2.89. The lowest BCUT2D eigenvalue weighted by molar-refractivity contribution is 0.201. The first-order valence-electron chi connectivity index (χ1n) is 7.43. The minimum Gasteiger partial charge on any atom is -0.396 e. The average molecular weight is 261 g/mol. The number of nitrogens with one attached hydrogen (secondary N) is 1. The predicted octanol–water partition coefficient (Wildman–Crippen LogP) is 3.44. The number of benzene rings is 1. The van der Waals surface area contributed by atoms with Gasteiger partial charge >= 0.3 is 0 Å². The second-order valence-corrected chi connectivity index (χ2v) is 6.74. The van der Waals surface area contributed by atoms with E-state index in [0.29, 0.717) is 6.04 Å². The summed E-state index contributed by atoms with van der Waals surface area (Å²) in [7, 11) is 0. The van der Waals surface area contributed by atoms with Crippen LogP contribution < -0.4 is 5.32 Å². The molecule has 1 aromatic carbocycles. The third kappa shape index (κ3) is 4.32. The molecule has 0 saturated heterocycles. The molecule has 2 N–H and O–H groups in total. The van der Waals surface area contributed by atoms with Crippen molar-refractivity contribution in [1.29, 1.82) is 0 Å². The number of rotatable bonds is 7. The Morgan fingerprint density at radius 3 is 2.42 bits per heavy atom. The van der Waals surface area contributed by atoms with Crippen LogP contribution in [-0.4, -0.2) is 18.3 Å². The van der Waals surface area contributed by atoms with Crippen molar-refractivity contribution in [1.82, 2.24) is 5.32 Å². The van der Waals surface area contributed by atoms with Gasteiger partial charge in [0.15, 0.2) is 0 Å². The Labute approximate surface area is 117 Å². The van der Waals surface area contributed by atoms with Gasteiger partial charge < -0.3 is 10.4 Å². The van der Waals surface area contributed by atoms with Crippen molar-refractivity contribution < 1.29 is 5.11 Å². The zero-order valence-electron chi connectivity index (χ0n) is 12.4. The lowest BCUT2D eigenvalue weighted by atomic mass is 9.88. The van der Waals surface area contributed by atoms with E-state index in [1.165, 1.54) is 24.0 Å². The molecule has 2 nitrogen and oxygen atoms in total. The molecule has 1 aliphatic rings. The minimum absolute atomic E-state index is 0.159. The van der Waals surface area contributed by atoms with Gasteiger partial charge in [-0.1, -0.05) is 43.7 Å². The molecule has 0 aromatic heterocycles. The number of hydrogen-bond acceptors (Lipinski definition) is 2. The quantitative estimate of drug-likeness (QED) is 0.788. The van der Waals surface area contributed by atoms with E-state index in [4.69, 9.17) is 5.11 Å². The van der Waals surface area contributed by atoms with E-state index in [9.17, 15) is 0 Å². The molecule has 0 radical (unpaired) electrons. The molecule has 1 atom stereocenters. The van der Waals surface area contributed by atoms with Gasteiger partial charge in [-0.05, 0) is 43.1 Å². The van der Waals surface area contributed by atoms with Crippen molar-refractivity contribution in [2.45, 2.75) is 46.1 Å². The molecule has 1 fully saturated rings. The fourth-order valence-corrected chi connectivity index (χ4v) is 2.54. The van der Waals surface area contributed by atoms with Crippen LogP contribution in [0.5, 0.6) is 0 Å². The topological polar surface area (TPSA) is 32.3 Å². The Morgan fingerprint density at radius 2 is 1.89 bits per heavy atom. The van der Waals surface area contributed by atoms with Crippen LogP contribution in [0.4, 0.5) is 0 Å². The number of aliphatic hydroxyl groups excluding tert-OH is 1. The molecule has 2 heteroatoms. The van der Waals surface area contributed by atoms with Crippen molar-refractivity contribution in [3.8, 4) is 0 Å². The molecule has 0 heterocycles. The normalized spacial score (nSPS) is 17.5. The molecule has 0 bridgehead atoms. The first-order valence-corrected chi connectivity index (χ1v) is 7.43. The van der Waals surface area contributed by atoms with Crippen LogP contribution in [0.1, 0.15) is 50.3 Å². The highest BCUT2D eigenvalue weighted by atomic mass is 16.3. The highest BCUT2D eigenvalue weighted by molar-refractivity contribution is 5.25. The van der Waals surface area contributed by atoms with Gasteiger partial charge in [0.1, 0.15) is 0 Å². The summed E-state index contributed by atoms with van der Waals surface area (Å²) in [5.74, 6) is 0.799. The number of aryl methyl sites for hydroxylation is 1. The first-order chi connectivity index (χ1) is 9.02. The summed E-state index contributed by atoms with van der Waals surface area (Å²) in [6.07, 6.45) is 3.53. The zero-order chi connectivity index (χ0) is 13.9. The smallest absolute Gasteiger partial charge is 0.0436 e. The molecule has 1 saturated carbocycles. The third-order valence-electron chi connectivity index (χ3n) is 4.12. The summed E-state index contributed by atoms with van der Waals surface area (Å²) >= 11 is 0. The van der Waals surface area contributed by atoms with E-state index in [-0.39, 0.29) is 12.0 Å². The van der Waals surface area contributed by atoms with Crippen molar-refractivity contribution in [3.63, 3.8) is 0 Å². The maximum absolute atomic E-state index is 9.11. The zero-order valence-corrected chi connectivity index (χ0v) is 12.4. The number of hydrogen-bond donors (Lipinski definition) is 2. The lowest BCUT2D eigenvalue weighted by Crippen LogP contribution is -2.34. The Morgan fingerprint density at radius 1 is 1.26 bits per heavy atom. The van der Waals surface area contributed by atoms with Gasteiger partial charge in [-0.25, -0.2) is 0 Å². The Bertz CT molecular complexity index is 392. The Balaban J connectivity index is 1.99. The molecular formula is C17H27NO. The third-order valence-corrected chi connectivity index (χ3v) is 4.12. The molecular weight excluding hydrogens is 234 g/mol. The minimum atomic E-state index is 0.159. The van der Waals surface area contributed by atoms with Gasteiger partial charge in [0.2, 0.25) is 0 Å². The maximum atomic E-state index is 9.11. The van der Waals surface area contributed by atoms with Gasteiger partial charge in [-0.15, -0.1) is 0 Å². The predicted molar refractivity (Wildman–Crippen MR) is 80.1 cm³/mol. The van der Waals surface area contributed by atoms with E-state index < -0.39 is 0 Å². The fourth-order valence-electron chi connectivity index (χ4n) is 2.54. The molecule has 0 amide bonds. The van der Waals surface area contributed by atoms with Crippen molar-refractivity contribution in [2.24, 2.45) is 11.3 Å². The lowest BCUT2D eigenvalue weighted by Gasteiger charge is -2.28. The molecule has 0 aliphatic heterocycles. The highest BCUT2D eigenvalue weighted by Gasteiger charge is 2.33. The van der Waals surface area contributed by atoms with Gasteiger partial charge in [-0.2, -0.15) is 0 Å². The van der Waals surface area contributed by atoms with E-state index in [1.807, 2.05) is 0 Å². The van der Waals surface area contributed by atoms with Crippen LogP contribution in [-0.2, 0) is 0 Å².